The summed E-state index contributed by atoms with van der Waals surface area (Å²) in [5, 5.41) is 8.50. The molecule has 4 rings (SSSR count). The van der Waals surface area contributed by atoms with Crippen LogP contribution < -0.4 is 30.3 Å². The van der Waals surface area contributed by atoms with E-state index in [1.807, 2.05) is 6.07 Å². The average Bonchev–Trinajstić information content (AvgIpc) is 3.39. The zero-order valence-electron chi connectivity index (χ0n) is 19.6. The van der Waals surface area contributed by atoms with Crippen molar-refractivity contribution in [2.45, 2.75) is 12.8 Å². The third-order valence-electron chi connectivity index (χ3n) is 5.71. The summed E-state index contributed by atoms with van der Waals surface area (Å²) < 4.78 is 23.8. The number of anilines is 4. The van der Waals surface area contributed by atoms with Crippen LogP contribution in [-0.2, 0) is 0 Å². The molecule has 0 aromatic heterocycles. The molecular formula is C26H27FN4O4. The first-order chi connectivity index (χ1) is 17.0. The number of nitrogens with one attached hydrogen (secondary N) is 3. The van der Waals surface area contributed by atoms with Crippen LogP contribution in [0.4, 0.5) is 31.9 Å². The maximum absolute atomic E-state index is 13.2. The van der Waals surface area contributed by atoms with Gasteiger partial charge in [-0.1, -0.05) is 0 Å². The minimum absolute atomic E-state index is 0.326. The molecule has 0 spiro atoms. The Balaban J connectivity index is 1.56. The van der Waals surface area contributed by atoms with Gasteiger partial charge in [0.2, 0.25) is 0 Å². The lowest BCUT2D eigenvalue weighted by Gasteiger charge is -2.23. The first kappa shape index (κ1) is 23.9. The molecule has 3 aromatic rings. The van der Waals surface area contributed by atoms with Crippen LogP contribution in [-0.4, -0.2) is 39.2 Å². The molecule has 0 bridgehead atoms. The average molecular weight is 479 g/mol. The van der Waals surface area contributed by atoms with Crippen molar-refractivity contribution in [2.24, 2.45) is 0 Å². The number of carbonyl (C=O) groups is 2. The lowest BCUT2D eigenvalue weighted by atomic mass is 10.2. The third kappa shape index (κ3) is 5.81. The van der Waals surface area contributed by atoms with E-state index in [4.69, 9.17) is 9.47 Å². The van der Waals surface area contributed by atoms with Crippen LogP contribution in [0.2, 0.25) is 0 Å². The van der Waals surface area contributed by atoms with Gasteiger partial charge in [-0.25, -0.2) is 9.18 Å². The first-order valence-corrected chi connectivity index (χ1v) is 11.2. The highest BCUT2D eigenvalue weighted by molar-refractivity contribution is 6.06. The van der Waals surface area contributed by atoms with Crippen LogP contribution >= 0.6 is 0 Å². The molecule has 0 atom stereocenters. The molecule has 35 heavy (non-hydrogen) atoms. The number of methoxy groups -OCH3 is 2. The van der Waals surface area contributed by atoms with E-state index in [1.165, 1.54) is 31.4 Å². The van der Waals surface area contributed by atoms with E-state index in [0.29, 0.717) is 34.1 Å². The van der Waals surface area contributed by atoms with Crippen LogP contribution in [0.1, 0.15) is 23.2 Å². The Kier molecular flexibility index (Phi) is 7.35. The van der Waals surface area contributed by atoms with Crippen LogP contribution in [0.5, 0.6) is 11.5 Å². The highest BCUT2D eigenvalue weighted by atomic mass is 19.1. The largest absolute Gasteiger partial charge is 0.497 e. The Labute approximate surface area is 203 Å². The number of ether oxygens (including phenoxy) is 2. The van der Waals surface area contributed by atoms with E-state index in [2.05, 4.69) is 20.9 Å². The van der Waals surface area contributed by atoms with Crippen molar-refractivity contribution < 1.29 is 23.5 Å². The van der Waals surface area contributed by atoms with Crippen LogP contribution in [0.25, 0.3) is 0 Å². The monoisotopic (exact) mass is 478 g/mol. The van der Waals surface area contributed by atoms with Crippen molar-refractivity contribution in [1.82, 2.24) is 0 Å². The van der Waals surface area contributed by atoms with Crippen molar-refractivity contribution in [2.75, 3.05) is 48.2 Å². The van der Waals surface area contributed by atoms with Gasteiger partial charge in [0.25, 0.3) is 5.91 Å². The van der Waals surface area contributed by atoms with Gasteiger partial charge in [0.05, 0.1) is 31.3 Å². The Morgan fingerprint density at radius 1 is 0.829 bits per heavy atom. The summed E-state index contributed by atoms with van der Waals surface area (Å²) in [5.41, 5.74) is 2.68. The summed E-state index contributed by atoms with van der Waals surface area (Å²) in [7, 11) is 3.06. The standard InChI is InChI=1S/C26H27FN4O4/c1-34-20-10-12-24(35-2)22(16-20)30-26(33)29-21-15-19(9-11-23(21)31-13-3-4-14-31)28-25(32)17-5-7-18(27)8-6-17/h5-12,15-16H,3-4,13-14H2,1-2H3,(H,28,32)(H2,29,30,33). The fourth-order valence-electron chi connectivity index (χ4n) is 3.94. The van der Waals surface area contributed by atoms with Crippen molar-refractivity contribution in [1.29, 1.82) is 0 Å². The number of hydrogen-bond acceptors (Lipinski definition) is 5. The molecule has 3 amide bonds. The number of hydrogen-bond donors (Lipinski definition) is 3. The molecule has 3 N–H and O–H groups in total. The van der Waals surface area contributed by atoms with Gasteiger partial charge in [-0.05, 0) is 67.4 Å². The van der Waals surface area contributed by atoms with E-state index in [0.717, 1.165) is 31.6 Å². The van der Waals surface area contributed by atoms with Gasteiger partial charge < -0.3 is 30.3 Å². The molecule has 1 saturated heterocycles. The van der Waals surface area contributed by atoms with E-state index >= 15 is 0 Å². The van der Waals surface area contributed by atoms with Crippen molar-refractivity contribution in [3.8, 4) is 11.5 Å². The van der Waals surface area contributed by atoms with Crippen LogP contribution in [0.15, 0.2) is 60.7 Å². The highest BCUT2D eigenvalue weighted by Gasteiger charge is 2.19. The van der Waals surface area contributed by atoms with Gasteiger partial charge in [0, 0.05) is 30.4 Å². The van der Waals surface area contributed by atoms with Crippen molar-refractivity contribution >= 4 is 34.7 Å². The van der Waals surface area contributed by atoms with Crippen molar-refractivity contribution in [3.05, 3.63) is 72.0 Å². The Hall–Kier alpha value is -4.27. The molecule has 0 radical (unpaired) electrons. The van der Waals surface area contributed by atoms with E-state index in [9.17, 15) is 14.0 Å². The molecule has 9 heteroatoms. The second kappa shape index (κ2) is 10.8. The molecule has 3 aromatic carbocycles. The molecular weight excluding hydrogens is 451 g/mol. The maximum Gasteiger partial charge on any atom is 0.323 e. The van der Waals surface area contributed by atoms with E-state index in [1.54, 1.807) is 37.4 Å². The lowest BCUT2D eigenvalue weighted by molar-refractivity contribution is 0.102. The molecule has 1 fully saturated rings. The molecule has 0 saturated carbocycles. The SMILES string of the molecule is COc1ccc(OC)c(NC(=O)Nc2cc(NC(=O)c3ccc(F)cc3)ccc2N2CCCC2)c1. The Morgan fingerprint density at radius 3 is 2.23 bits per heavy atom. The number of nitrogens with zero attached hydrogens (tertiary/aromatic N) is 1. The number of amides is 3. The molecule has 182 valence electrons. The molecule has 1 heterocycles. The van der Waals surface area contributed by atoms with Gasteiger partial charge in [-0.2, -0.15) is 0 Å². The number of carbonyl (C=O) groups excluding carboxylic acids is 2. The second-order valence-electron chi connectivity index (χ2n) is 8.03. The molecule has 1 aliphatic heterocycles. The minimum Gasteiger partial charge on any atom is -0.497 e. The lowest BCUT2D eigenvalue weighted by Crippen LogP contribution is -2.24. The van der Waals surface area contributed by atoms with E-state index < -0.39 is 11.8 Å². The van der Waals surface area contributed by atoms with Gasteiger partial charge in [-0.3, -0.25) is 4.79 Å². The quantitative estimate of drug-likeness (QED) is 0.426. The number of rotatable bonds is 7. The van der Waals surface area contributed by atoms with Crippen LogP contribution in [0, 0.1) is 5.82 Å². The van der Waals surface area contributed by atoms with Gasteiger partial charge in [0.15, 0.2) is 0 Å². The summed E-state index contributed by atoms with van der Waals surface area (Å²) in [5.74, 6) is 0.266. The summed E-state index contributed by atoms with van der Waals surface area (Å²) >= 11 is 0. The third-order valence-corrected chi connectivity index (χ3v) is 5.71. The fourth-order valence-corrected chi connectivity index (χ4v) is 3.94. The number of urea groups is 1. The topological polar surface area (TPSA) is 91.9 Å². The Bertz CT molecular complexity index is 1210. The summed E-state index contributed by atoms with van der Waals surface area (Å²) in [6.07, 6.45) is 2.13. The predicted octanol–water partition coefficient (Wildman–Crippen LogP) is 5.34. The minimum atomic E-state index is -0.473. The van der Waals surface area contributed by atoms with Gasteiger partial charge in [0.1, 0.15) is 17.3 Å². The molecule has 8 nitrogen and oxygen atoms in total. The number of benzene rings is 3. The number of halogens is 1. The Morgan fingerprint density at radius 2 is 1.54 bits per heavy atom. The second-order valence-corrected chi connectivity index (χ2v) is 8.03. The van der Waals surface area contributed by atoms with Crippen molar-refractivity contribution in [3.63, 3.8) is 0 Å². The van der Waals surface area contributed by atoms with Crippen LogP contribution in [0.3, 0.4) is 0 Å². The normalized spacial score (nSPS) is 12.7. The summed E-state index contributed by atoms with van der Waals surface area (Å²) in [6, 6.07) is 15.3. The molecule has 0 unspecified atom stereocenters. The summed E-state index contributed by atoms with van der Waals surface area (Å²) in [6.45, 7) is 1.75. The zero-order chi connectivity index (χ0) is 24.8. The zero-order valence-corrected chi connectivity index (χ0v) is 19.6. The van der Waals surface area contributed by atoms with E-state index in [-0.39, 0.29) is 5.91 Å². The highest BCUT2D eigenvalue weighted by Crippen LogP contribution is 2.33. The first-order valence-electron chi connectivity index (χ1n) is 11.2. The van der Waals surface area contributed by atoms with Gasteiger partial charge in [-0.15, -0.1) is 0 Å². The smallest absolute Gasteiger partial charge is 0.323 e. The molecule has 1 aliphatic rings. The fraction of sp³-hybridized carbons (Fsp3) is 0.231. The maximum atomic E-state index is 13.2. The van der Waals surface area contributed by atoms with Gasteiger partial charge >= 0.3 is 6.03 Å². The predicted molar refractivity (Wildman–Crippen MR) is 134 cm³/mol. The molecule has 0 aliphatic carbocycles. The summed E-state index contributed by atoms with van der Waals surface area (Å²) in [4.78, 5) is 27.7.